The van der Waals surface area contributed by atoms with Crippen LogP contribution in [0.1, 0.15) is 46.5 Å². The van der Waals surface area contributed by atoms with Gasteiger partial charge in [0.05, 0.1) is 0 Å². The van der Waals surface area contributed by atoms with E-state index < -0.39 is 0 Å². The number of halogens is 1. The second-order valence-electron chi connectivity index (χ2n) is 4.28. The molecule has 0 saturated heterocycles. The lowest BCUT2D eigenvalue weighted by molar-refractivity contribution is 0.378. The molecule has 0 rings (SSSR count). The lowest BCUT2D eigenvalue weighted by atomic mass is 9.89. The van der Waals surface area contributed by atoms with E-state index in [1.165, 1.54) is 12.8 Å². The van der Waals surface area contributed by atoms with Crippen LogP contribution >= 0.6 is 15.9 Å². The Morgan fingerprint density at radius 1 is 1.33 bits per heavy atom. The van der Waals surface area contributed by atoms with Crippen molar-refractivity contribution in [3.63, 3.8) is 0 Å². The third-order valence-corrected chi connectivity index (χ3v) is 3.80. The summed E-state index contributed by atoms with van der Waals surface area (Å²) < 4.78 is 0. The van der Waals surface area contributed by atoms with Gasteiger partial charge in [0.2, 0.25) is 0 Å². The molecule has 1 unspecified atom stereocenters. The molecule has 0 aliphatic carbocycles. The standard InChI is InChI=1S/C11H19Br/c1-5-6-7-8-9-10(12)11(2,3)4/h1,10H,6-9H2,2-4H3. The maximum atomic E-state index is 5.17. The fraction of sp³-hybridized carbons (Fsp3) is 0.818. The van der Waals surface area contributed by atoms with Crippen molar-refractivity contribution in [2.45, 2.75) is 51.3 Å². The van der Waals surface area contributed by atoms with E-state index in [9.17, 15) is 0 Å². The first-order valence-electron chi connectivity index (χ1n) is 4.56. The Kier molecular flexibility index (Phi) is 5.66. The Bertz CT molecular complexity index is 147. The van der Waals surface area contributed by atoms with Crippen molar-refractivity contribution < 1.29 is 0 Å². The van der Waals surface area contributed by atoms with Crippen LogP contribution in [-0.2, 0) is 0 Å². The van der Waals surface area contributed by atoms with Gasteiger partial charge in [0.15, 0.2) is 0 Å². The highest BCUT2D eigenvalue weighted by Gasteiger charge is 2.20. The minimum atomic E-state index is 0.371. The molecule has 0 aromatic carbocycles. The van der Waals surface area contributed by atoms with Crippen LogP contribution < -0.4 is 0 Å². The highest BCUT2D eigenvalue weighted by molar-refractivity contribution is 9.09. The summed E-state index contributed by atoms with van der Waals surface area (Å²) in [6.45, 7) is 6.77. The summed E-state index contributed by atoms with van der Waals surface area (Å²) >= 11 is 3.70. The number of rotatable bonds is 4. The smallest absolute Gasteiger partial charge is 0.0194 e. The van der Waals surface area contributed by atoms with Crippen LogP contribution in [0.25, 0.3) is 0 Å². The summed E-state index contributed by atoms with van der Waals surface area (Å²) in [6.07, 6.45) is 9.71. The Hall–Kier alpha value is 0.0400. The number of hydrogen-bond donors (Lipinski definition) is 0. The number of terminal acetylenes is 1. The molecular weight excluding hydrogens is 212 g/mol. The van der Waals surface area contributed by atoms with E-state index in [4.69, 9.17) is 6.42 Å². The van der Waals surface area contributed by atoms with Gasteiger partial charge in [0.25, 0.3) is 0 Å². The van der Waals surface area contributed by atoms with Crippen LogP contribution in [0.2, 0.25) is 0 Å². The molecule has 0 radical (unpaired) electrons. The lowest BCUT2D eigenvalue weighted by Gasteiger charge is -2.25. The molecule has 0 aromatic heterocycles. The van der Waals surface area contributed by atoms with E-state index in [1.54, 1.807) is 0 Å². The molecule has 0 aromatic rings. The highest BCUT2D eigenvalue weighted by atomic mass is 79.9. The molecule has 1 heteroatoms. The summed E-state index contributed by atoms with van der Waals surface area (Å²) in [5.74, 6) is 2.66. The fourth-order valence-corrected chi connectivity index (χ4v) is 1.31. The van der Waals surface area contributed by atoms with Crippen molar-refractivity contribution in [1.29, 1.82) is 0 Å². The predicted molar refractivity (Wildman–Crippen MR) is 59.5 cm³/mol. The second-order valence-corrected chi connectivity index (χ2v) is 5.39. The monoisotopic (exact) mass is 230 g/mol. The number of alkyl halides is 1. The van der Waals surface area contributed by atoms with E-state index in [0.717, 1.165) is 12.8 Å². The van der Waals surface area contributed by atoms with E-state index >= 15 is 0 Å². The zero-order valence-corrected chi connectivity index (χ0v) is 9.95. The van der Waals surface area contributed by atoms with Gasteiger partial charge in [-0.25, -0.2) is 0 Å². The first-order valence-corrected chi connectivity index (χ1v) is 5.47. The van der Waals surface area contributed by atoms with Gasteiger partial charge in [-0.15, -0.1) is 12.3 Å². The molecular formula is C11H19Br. The van der Waals surface area contributed by atoms with Crippen LogP contribution in [0.15, 0.2) is 0 Å². The third kappa shape index (κ3) is 5.66. The van der Waals surface area contributed by atoms with Crippen molar-refractivity contribution in [2.75, 3.05) is 0 Å². The Morgan fingerprint density at radius 2 is 1.92 bits per heavy atom. The summed E-state index contributed by atoms with van der Waals surface area (Å²) in [5.41, 5.74) is 0.371. The van der Waals surface area contributed by atoms with Gasteiger partial charge in [-0.3, -0.25) is 0 Å². The predicted octanol–water partition coefficient (Wildman–Crippen LogP) is 3.99. The minimum Gasteiger partial charge on any atom is -0.120 e. The molecule has 0 N–H and O–H groups in total. The molecule has 1 atom stereocenters. The normalized spacial score (nSPS) is 13.9. The SMILES string of the molecule is C#CCCCCC(Br)C(C)(C)C. The minimum absolute atomic E-state index is 0.371. The maximum absolute atomic E-state index is 5.17. The van der Waals surface area contributed by atoms with E-state index in [-0.39, 0.29) is 0 Å². The number of unbranched alkanes of at least 4 members (excludes halogenated alkanes) is 2. The van der Waals surface area contributed by atoms with Crippen molar-refractivity contribution in [2.24, 2.45) is 5.41 Å². The molecule has 0 saturated carbocycles. The zero-order chi connectivity index (χ0) is 9.61. The molecule has 0 amide bonds. The van der Waals surface area contributed by atoms with Crippen LogP contribution in [0.5, 0.6) is 0 Å². The average molecular weight is 231 g/mol. The summed E-state index contributed by atoms with van der Waals surface area (Å²) in [4.78, 5) is 0.614. The maximum Gasteiger partial charge on any atom is 0.0194 e. The average Bonchev–Trinajstić information content (AvgIpc) is 1.96. The van der Waals surface area contributed by atoms with E-state index in [2.05, 4.69) is 42.6 Å². The zero-order valence-electron chi connectivity index (χ0n) is 8.36. The molecule has 0 aliphatic rings. The van der Waals surface area contributed by atoms with Crippen LogP contribution in [0.3, 0.4) is 0 Å². The third-order valence-electron chi connectivity index (χ3n) is 1.97. The van der Waals surface area contributed by atoms with Gasteiger partial charge in [-0.05, 0) is 18.3 Å². The molecule has 0 fully saturated rings. The van der Waals surface area contributed by atoms with Gasteiger partial charge in [0, 0.05) is 11.2 Å². The molecule has 0 spiro atoms. The van der Waals surface area contributed by atoms with Crippen LogP contribution in [-0.4, -0.2) is 4.83 Å². The van der Waals surface area contributed by atoms with Gasteiger partial charge in [-0.1, -0.05) is 43.1 Å². The number of hydrogen-bond acceptors (Lipinski definition) is 0. The molecule has 0 heterocycles. The molecule has 0 bridgehead atoms. The Balaban J connectivity index is 3.46. The van der Waals surface area contributed by atoms with Gasteiger partial charge >= 0.3 is 0 Å². The largest absolute Gasteiger partial charge is 0.120 e. The van der Waals surface area contributed by atoms with Crippen molar-refractivity contribution in [1.82, 2.24) is 0 Å². The fourth-order valence-electron chi connectivity index (χ4n) is 0.984. The summed E-state index contributed by atoms with van der Waals surface area (Å²) in [6, 6.07) is 0. The highest BCUT2D eigenvalue weighted by Crippen LogP contribution is 2.29. The molecule has 0 aliphatic heterocycles. The molecule has 70 valence electrons. The molecule has 12 heavy (non-hydrogen) atoms. The second kappa shape index (κ2) is 5.65. The van der Waals surface area contributed by atoms with E-state index in [0.29, 0.717) is 10.2 Å². The van der Waals surface area contributed by atoms with Gasteiger partial charge in [-0.2, -0.15) is 0 Å². The Labute approximate surface area is 85.3 Å². The van der Waals surface area contributed by atoms with Crippen LogP contribution in [0, 0.1) is 17.8 Å². The van der Waals surface area contributed by atoms with Crippen LogP contribution in [0.4, 0.5) is 0 Å². The summed E-state index contributed by atoms with van der Waals surface area (Å²) in [7, 11) is 0. The Morgan fingerprint density at radius 3 is 2.33 bits per heavy atom. The quantitative estimate of drug-likeness (QED) is 0.390. The lowest BCUT2D eigenvalue weighted by Crippen LogP contribution is -2.19. The van der Waals surface area contributed by atoms with Gasteiger partial charge in [0.1, 0.15) is 0 Å². The van der Waals surface area contributed by atoms with E-state index in [1.807, 2.05) is 0 Å². The van der Waals surface area contributed by atoms with Crippen molar-refractivity contribution >= 4 is 15.9 Å². The van der Waals surface area contributed by atoms with Gasteiger partial charge < -0.3 is 0 Å². The van der Waals surface area contributed by atoms with Crippen molar-refractivity contribution in [3.8, 4) is 12.3 Å². The molecule has 0 nitrogen and oxygen atoms in total. The first-order chi connectivity index (χ1) is 5.48. The first kappa shape index (κ1) is 12.0. The topological polar surface area (TPSA) is 0 Å². The summed E-state index contributed by atoms with van der Waals surface area (Å²) in [5, 5.41) is 0. The van der Waals surface area contributed by atoms with Crippen molar-refractivity contribution in [3.05, 3.63) is 0 Å².